The first kappa shape index (κ1) is 37.8. The minimum absolute atomic E-state index is 0.0894. The molecule has 246 valence electrons. The zero-order valence-corrected chi connectivity index (χ0v) is 22.0. The van der Waals surface area contributed by atoms with Gasteiger partial charge in [0.15, 0.2) is 0 Å². The molecule has 0 radical (unpaired) electrons. The average Bonchev–Trinajstić information content (AvgIpc) is 3.33. The zero-order valence-electron chi connectivity index (χ0n) is 22.0. The van der Waals surface area contributed by atoms with Crippen LogP contribution in [0.1, 0.15) is 18.4 Å². The third-order valence-electron chi connectivity index (χ3n) is 5.40. The number of halogens is 9. The van der Waals surface area contributed by atoms with Crippen molar-refractivity contribution in [2.45, 2.75) is 56.2 Å². The van der Waals surface area contributed by atoms with Gasteiger partial charge >= 0.3 is 36.4 Å². The molecule has 3 N–H and O–H groups in total. The molecule has 44 heavy (non-hydrogen) atoms. The normalized spacial score (nSPS) is 19.8. The molecule has 0 amide bonds. The predicted octanol–water partition coefficient (Wildman–Crippen LogP) is 4.19. The van der Waals surface area contributed by atoms with E-state index in [0.717, 1.165) is 32.5 Å². The van der Waals surface area contributed by atoms with Crippen molar-refractivity contribution in [3.63, 3.8) is 0 Å². The Kier molecular flexibility index (Phi) is 14.3. The van der Waals surface area contributed by atoms with Gasteiger partial charge in [-0.2, -0.15) is 39.5 Å². The van der Waals surface area contributed by atoms with Gasteiger partial charge < -0.3 is 24.8 Å². The first-order valence-corrected chi connectivity index (χ1v) is 12.0. The summed E-state index contributed by atoms with van der Waals surface area (Å²) in [6.07, 6.45) is -7.40. The maximum absolute atomic E-state index is 10.6. The van der Waals surface area contributed by atoms with Crippen molar-refractivity contribution in [3.8, 4) is 5.88 Å². The molecule has 2 aliphatic rings. The molecule has 4 rings (SSSR count). The molecule has 3 heterocycles. The number of carbonyl (C=O) groups is 3. The van der Waals surface area contributed by atoms with Gasteiger partial charge in [0.05, 0.1) is 6.61 Å². The van der Waals surface area contributed by atoms with Crippen LogP contribution in [0.15, 0.2) is 48.9 Å². The molecule has 1 aliphatic heterocycles. The van der Waals surface area contributed by atoms with Crippen molar-refractivity contribution in [1.82, 2.24) is 14.9 Å². The van der Waals surface area contributed by atoms with Crippen LogP contribution >= 0.6 is 0 Å². The van der Waals surface area contributed by atoms with Gasteiger partial charge in [-0.15, -0.1) is 0 Å². The number of hydrogen-bond donors (Lipinski definition) is 3. The number of rotatable bonds is 4. The molecule has 20 heteroatoms. The number of carboxylic acid groups (broad SMARTS) is 3. The SMILES string of the molecule is O=C(O)C(F)(F)F.O=C(O)C(F)(F)F.O=C(O)C(F)(F)F.c1ccc(O[C@@H]2CC[C@H]3[C@H]2OCCN3Cc2cccnc2)nc1. The third kappa shape index (κ3) is 13.8. The zero-order chi connectivity index (χ0) is 33.7. The van der Waals surface area contributed by atoms with E-state index in [1.165, 1.54) is 5.56 Å². The first-order valence-electron chi connectivity index (χ1n) is 12.0. The second-order valence-corrected chi connectivity index (χ2v) is 8.54. The van der Waals surface area contributed by atoms with E-state index in [-0.39, 0.29) is 12.2 Å². The van der Waals surface area contributed by atoms with E-state index in [1.54, 1.807) is 6.20 Å². The van der Waals surface area contributed by atoms with Gasteiger partial charge in [-0.05, 0) is 30.5 Å². The molecule has 11 nitrogen and oxygen atoms in total. The Morgan fingerprint density at radius 2 is 1.39 bits per heavy atom. The number of alkyl halides is 9. The number of aliphatic carboxylic acids is 3. The van der Waals surface area contributed by atoms with E-state index < -0.39 is 36.4 Å². The highest BCUT2D eigenvalue weighted by molar-refractivity contribution is 5.73. The van der Waals surface area contributed by atoms with E-state index in [1.807, 2.05) is 36.7 Å². The minimum atomic E-state index is -5.08. The molecule has 3 atom stereocenters. The van der Waals surface area contributed by atoms with Crippen LogP contribution in [0.3, 0.4) is 0 Å². The Morgan fingerprint density at radius 1 is 0.841 bits per heavy atom. The lowest BCUT2D eigenvalue weighted by atomic mass is 10.1. The summed E-state index contributed by atoms with van der Waals surface area (Å²) >= 11 is 0. The van der Waals surface area contributed by atoms with Gasteiger partial charge in [-0.3, -0.25) is 9.88 Å². The van der Waals surface area contributed by atoms with Crippen molar-refractivity contribution >= 4 is 17.9 Å². The van der Waals surface area contributed by atoms with Gasteiger partial charge in [-0.1, -0.05) is 12.1 Å². The minimum Gasteiger partial charge on any atom is -0.475 e. The molecule has 0 aromatic carbocycles. The second-order valence-electron chi connectivity index (χ2n) is 8.54. The molecule has 1 saturated carbocycles. The van der Waals surface area contributed by atoms with Gasteiger partial charge in [0.1, 0.15) is 12.2 Å². The third-order valence-corrected chi connectivity index (χ3v) is 5.40. The van der Waals surface area contributed by atoms with Gasteiger partial charge in [0, 0.05) is 43.8 Å². The van der Waals surface area contributed by atoms with Crippen LogP contribution in [-0.4, -0.2) is 98.0 Å². The molecular weight excluding hydrogens is 629 g/mol. The topological polar surface area (TPSA) is 159 Å². The number of nitrogens with zero attached hydrogens (tertiary/aromatic N) is 3. The summed E-state index contributed by atoms with van der Waals surface area (Å²) in [6.45, 7) is 2.64. The lowest BCUT2D eigenvalue weighted by Crippen LogP contribution is -2.51. The summed E-state index contributed by atoms with van der Waals surface area (Å²) in [4.78, 5) is 37.7. The highest BCUT2D eigenvalue weighted by atomic mass is 19.4. The fraction of sp³-hybridized carbons (Fsp3) is 0.458. The number of ether oxygens (including phenoxy) is 2. The van der Waals surface area contributed by atoms with Crippen LogP contribution in [0.5, 0.6) is 5.88 Å². The van der Waals surface area contributed by atoms with Crippen molar-refractivity contribution in [2.75, 3.05) is 13.2 Å². The molecule has 0 spiro atoms. The Labute approximate surface area is 241 Å². The number of carboxylic acids is 3. The Morgan fingerprint density at radius 3 is 1.82 bits per heavy atom. The lowest BCUT2D eigenvalue weighted by Gasteiger charge is -2.38. The predicted molar refractivity (Wildman–Crippen MR) is 127 cm³/mol. The number of pyridine rings is 2. The maximum atomic E-state index is 10.6. The van der Waals surface area contributed by atoms with Crippen LogP contribution in [0.4, 0.5) is 39.5 Å². The van der Waals surface area contributed by atoms with E-state index in [0.29, 0.717) is 11.9 Å². The Balaban J connectivity index is 0.000000379. The van der Waals surface area contributed by atoms with Crippen LogP contribution in [0.25, 0.3) is 0 Å². The van der Waals surface area contributed by atoms with Gasteiger partial charge in [0.25, 0.3) is 0 Å². The average molecular weight is 653 g/mol. The molecule has 2 aromatic rings. The van der Waals surface area contributed by atoms with Crippen molar-refractivity contribution in [3.05, 3.63) is 54.5 Å². The Bertz CT molecular complexity index is 1130. The number of morpholine rings is 1. The molecule has 2 fully saturated rings. The maximum Gasteiger partial charge on any atom is 0.490 e. The fourth-order valence-electron chi connectivity index (χ4n) is 3.61. The molecule has 1 aliphatic carbocycles. The summed E-state index contributed by atoms with van der Waals surface area (Å²) in [7, 11) is 0. The van der Waals surface area contributed by atoms with Crippen molar-refractivity contribution in [2.24, 2.45) is 0 Å². The molecule has 2 aromatic heterocycles. The number of fused-ring (bicyclic) bond motifs is 1. The summed E-state index contributed by atoms with van der Waals surface area (Å²) in [5, 5.41) is 21.4. The standard InChI is InChI=1S/C18H21N3O2.3C2HF3O2/c1-2-9-20-17(5-1)23-16-7-6-15-18(16)22-11-10-21(15)13-14-4-3-8-19-12-14;3*3-2(4,5)1(6)7/h1-5,8-9,12,15-16,18H,6-7,10-11,13H2;3*(H,6,7)/t15-,16+,18+;;;/m0.../s1. The quantitative estimate of drug-likeness (QED) is 0.407. The molecular formula is C24H24F9N3O8. The van der Waals surface area contributed by atoms with Crippen LogP contribution < -0.4 is 4.74 Å². The van der Waals surface area contributed by atoms with Crippen LogP contribution in [-0.2, 0) is 25.7 Å². The second kappa shape index (κ2) is 16.6. The van der Waals surface area contributed by atoms with E-state index >= 15 is 0 Å². The monoisotopic (exact) mass is 653 g/mol. The van der Waals surface area contributed by atoms with Crippen molar-refractivity contribution < 1.29 is 78.7 Å². The largest absolute Gasteiger partial charge is 0.490 e. The van der Waals surface area contributed by atoms with Crippen LogP contribution in [0.2, 0.25) is 0 Å². The Hall–Kier alpha value is -4.20. The highest BCUT2D eigenvalue weighted by Crippen LogP contribution is 2.33. The number of aromatic nitrogens is 2. The van der Waals surface area contributed by atoms with Gasteiger partial charge in [-0.25, -0.2) is 19.4 Å². The first-order chi connectivity index (χ1) is 20.2. The van der Waals surface area contributed by atoms with Crippen molar-refractivity contribution in [1.29, 1.82) is 0 Å². The van der Waals surface area contributed by atoms with E-state index in [9.17, 15) is 39.5 Å². The summed E-state index contributed by atoms with van der Waals surface area (Å²) in [5.74, 6) is -7.58. The summed E-state index contributed by atoms with van der Waals surface area (Å²) < 4.78 is 107. The molecule has 0 bridgehead atoms. The highest BCUT2D eigenvalue weighted by Gasteiger charge is 2.44. The lowest BCUT2D eigenvalue weighted by molar-refractivity contribution is -0.193. The molecule has 1 saturated heterocycles. The summed E-state index contributed by atoms with van der Waals surface area (Å²) in [6, 6.07) is 10.3. The molecule has 0 unspecified atom stereocenters. The number of hydrogen-bond acceptors (Lipinski definition) is 8. The summed E-state index contributed by atoms with van der Waals surface area (Å²) in [5.41, 5.74) is 1.25. The van der Waals surface area contributed by atoms with Crippen LogP contribution in [0, 0.1) is 0 Å². The fourth-order valence-corrected chi connectivity index (χ4v) is 3.61. The van der Waals surface area contributed by atoms with Gasteiger partial charge in [0.2, 0.25) is 5.88 Å². The van der Waals surface area contributed by atoms with E-state index in [2.05, 4.69) is 20.9 Å². The van der Waals surface area contributed by atoms with E-state index in [4.69, 9.17) is 39.2 Å². The smallest absolute Gasteiger partial charge is 0.475 e.